The monoisotopic (exact) mass is 147 g/mol. The first kappa shape index (κ1) is 6.89. The number of carboxylic acid groups (broad SMARTS) is 1. The molecule has 52 valence electrons. The van der Waals surface area contributed by atoms with Gasteiger partial charge in [0.2, 0.25) is 0 Å². The number of hydrogen-bond donors (Lipinski definition) is 3. The van der Waals surface area contributed by atoms with Crippen molar-refractivity contribution in [2.45, 2.75) is 11.2 Å². The Balaban J connectivity index is 2.33. The smallest absolute Gasteiger partial charge is 0.304 e. The predicted octanol–water partition coefficient (Wildman–Crippen LogP) is -0.267. The lowest BCUT2D eigenvalue weighted by atomic mass is 9.98. The Morgan fingerprint density at radius 1 is 1.78 bits per heavy atom. The highest BCUT2D eigenvalue weighted by molar-refractivity contribution is 7.82. The van der Waals surface area contributed by atoms with Crippen molar-refractivity contribution in [2.75, 3.05) is 13.1 Å². The highest BCUT2D eigenvalue weighted by atomic mass is 32.1. The summed E-state index contributed by atoms with van der Waals surface area (Å²) in [7, 11) is 0. The summed E-state index contributed by atoms with van der Waals surface area (Å²) >= 11 is 4.17. The zero-order valence-corrected chi connectivity index (χ0v) is 5.82. The van der Waals surface area contributed by atoms with Gasteiger partial charge in [-0.25, -0.2) is 0 Å². The molecule has 0 amide bonds. The van der Waals surface area contributed by atoms with Crippen molar-refractivity contribution >= 4 is 18.6 Å². The third kappa shape index (κ3) is 1.59. The maximum Gasteiger partial charge on any atom is 0.304 e. The largest absolute Gasteiger partial charge is 0.481 e. The number of rotatable bonds is 2. The van der Waals surface area contributed by atoms with Crippen LogP contribution in [0.2, 0.25) is 0 Å². The molecule has 0 aromatic carbocycles. The van der Waals surface area contributed by atoms with Crippen LogP contribution >= 0.6 is 12.6 Å². The van der Waals surface area contributed by atoms with Gasteiger partial charge in [-0.05, 0) is 0 Å². The molecule has 0 radical (unpaired) electrons. The standard InChI is InChI=1S/C5H9NO2S/c7-4(8)1-5(9)2-6-3-5/h6,9H,1-3H2,(H,7,8). The zero-order valence-electron chi connectivity index (χ0n) is 4.92. The van der Waals surface area contributed by atoms with E-state index in [1.807, 2.05) is 0 Å². The molecule has 0 unspecified atom stereocenters. The third-order valence-electron chi connectivity index (χ3n) is 1.39. The molecule has 1 rings (SSSR count). The van der Waals surface area contributed by atoms with Gasteiger partial charge in [0.05, 0.1) is 6.42 Å². The Labute approximate surface area is 58.9 Å². The second kappa shape index (κ2) is 2.19. The van der Waals surface area contributed by atoms with Gasteiger partial charge in [-0.3, -0.25) is 4.79 Å². The van der Waals surface area contributed by atoms with Crippen LogP contribution in [0, 0.1) is 0 Å². The normalized spacial score (nSPS) is 22.8. The van der Waals surface area contributed by atoms with E-state index in [2.05, 4.69) is 17.9 Å². The maximum absolute atomic E-state index is 10.1. The van der Waals surface area contributed by atoms with Crippen molar-refractivity contribution in [3.05, 3.63) is 0 Å². The number of thiol groups is 1. The first-order valence-corrected chi connectivity index (χ1v) is 3.22. The minimum atomic E-state index is -0.772. The van der Waals surface area contributed by atoms with E-state index in [0.717, 1.165) is 0 Å². The third-order valence-corrected chi connectivity index (χ3v) is 1.86. The van der Waals surface area contributed by atoms with Crippen LogP contribution in [0.4, 0.5) is 0 Å². The molecular formula is C5H9NO2S. The summed E-state index contributed by atoms with van der Waals surface area (Å²) in [4.78, 5) is 10.1. The zero-order chi connectivity index (χ0) is 6.91. The van der Waals surface area contributed by atoms with Crippen molar-refractivity contribution in [2.24, 2.45) is 0 Å². The van der Waals surface area contributed by atoms with Gasteiger partial charge in [0.15, 0.2) is 0 Å². The Morgan fingerprint density at radius 3 is 2.44 bits per heavy atom. The Bertz CT molecular complexity index is 133. The Kier molecular flexibility index (Phi) is 1.68. The highest BCUT2D eigenvalue weighted by Crippen LogP contribution is 2.23. The van der Waals surface area contributed by atoms with Crippen LogP contribution in [0.1, 0.15) is 6.42 Å². The molecule has 0 saturated carbocycles. The molecule has 1 saturated heterocycles. The first-order chi connectivity index (χ1) is 4.12. The number of aliphatic carboxylic acids is 1. The minimum Gasteiger partial charge on any atom is -0.481 e. The van der Waals surface area contributed by atoms with E-state index < -0.39 is 5.97 Å². The summed E-state index contributed by atoms with van der Waals surface area (Å²) < 4.78 is -0.272. The molecule has 0 aromatic rings. The molecular weight excluding hydrogens is 138 g/mol. The second-order valence-corrected chi connectivity index (χ2v) is 3.35. The Morgan fingerprint density at radius 2 is 2.33 bits per heavy atom. The van der Waals surface area contributed by atoms with Crippen LogP contribution in [-0.4, -0.2) is 28.9 Å². The van der Waals surface area contributed by atoms with Crippen molar-refractivity contribution in [3.63, 3.8) is 0 Å². The molecule has 0 bridgehead atoms. The first-order valence-electron chi connectivity index (χ1n) is 2.77. The van der Waals surface area contributed by atoms with Gasteiger partial charge >= 0.3 is 5.97 Å². The van der Waals surface area contributed by atoms with Crippen molar-refractivity contribution in [1.29, 1.82) is 0 Å². The van der Waals surface area contributed by atoms with Crippen molar-refractivity contribution < 1.29 is 9.90 Å². The Hall–Kier alpha value is -0.220. The number of carbonyl (C=O) groups is 1. The fourth-order valence-electron chi connectivity index (χ4n) is 0.820. The molecule has 1 fully saturated rings. The van der Waals surface area contributed by atoms with Crippen LogP contribution in [0.3, 0.4) is 0 Å². The number of carboxylic acids is 1. The SMILES string of the molecule is O=C(O)CC1(S)CNC1. The molecule has 4 heteroatoms. The molecule has 1 aliphatic rings. The lowest BCUT2D eigenvalue weighted by molar-refractivity contribution is -0.137. The van der Waals surface area contributed by atoms with Crippen LogP contribution in [0.15, 0.2) is 0 Å². The molecule has 2 N–H and O–H groups in total. The van der Waals surface area contributed by atoms with Crippen LogP contribution in [-0.2, 0) is 4.79 Å². The average Bonchev–Trinajstić information content (AvgIpc) is 1.60. The molecule has 0 atom stereocenters. The topological polar surface area (TPSA) is 49.3 Å². The van der Waals surface area contributed by atoms with E-state index >= 15 is 0 Å². The molecule has 1 heterocycles. The van der Waals surface area contributed by atoms with Gasteiger partial charge < -0.3 is 10.4 Å². The minimum absolute atomic E-state index is 0.156. The summed E-state index contributed by atoms with van der Waals surface area (Å²) in [6, 6.07) is 0. The van der Waals surface area contributed by atoms with Gasteiger partial charge in [-0.1, -0.05) is 0 Å². The number of hydrogen-bond acceptors (Lipinski definition) is 3. The van der Waals surface area contributed by atoms with Gasteiger partial charge in [0.25, 0.3) is 0 Å². The van der Waals surface area contributed by atoms with E-state index in [0.29, 0.717) is 13.1 Å². The summed E-state index contributed by atoms with van der Waals surface area (Å²) in [5.74, 6) is -0.772. The lowest BCUT2D eigenvalue weighted by Gasteiger charge is -2.36. The molecule has 0 spiro atoms. The van der Waals surface area contributed by atoms with Crippen molar-refractivity contribution in [3.8, 4) is 0 Å². The summed E-state index contributed by atoms with van der Waals surface area (Å²) in [5.41, 5.74) is 0. The van der Waals surface area contributed by atoms with E-state index in [-0.39, 0.29) is 11.2 Å². The van der Waals surface area contributed by atoms with Crippen LogP contribution < -0.4 is 5.32 Å². The molecule has 0 aliphatic carbocycles. The average molecular weight is 147 g/mol. The van der Waals surface area contributed by atoms with Crippen LogP contribution in [0.25, 0.3) is 0 Å². The van der Waals surface area contributed by atoms with Gasteiger partial charge in [0, 0.05) is 17.8 Å². The van der Waals surface area contributed by atoms with Crippen molar-refractivity contribution in [1.82, 2.24) is 5.32 Å². The van der Waals surface area contributed by atoms with E-state index in [4.69, 9.17) is 5.11 Å². The van der Waals surface area contributed by atoms with Gasteiger partial charge in [-0.2, -0.15) is 12.6 Å². The second-order valence-electron chi connectivity index (χ2n) is 2.40. The molecule has 0 aromatic heterocycles. The fourth-order valence-corrected chi connectivity index (χ4v) is 1.18. The molecule has 3 nitrogen and oxygen atoms in total. The van der Waals surface area contributed by atoms with E-state index in [1.165, 1.54) is 0 Å². The predicted molar refractivity (Wildman–Crippen MR) is 36.8 cm³/mol. The summed E-state index contributed by atoms with van der Waals surface area (Å²) in [6.45, 7) is 1.42. The van der Waals surface area contributed by atoms with E-state index in [9.17, 15) is 4.79 Å². The summed E-state index contributed by atoms with van der Waals surface area (Å²) in [5, 5.41) is 11.3. The quantitative estimate of drug-likeness (QED) is 0.471. The maximum atomic E-state index is 10.1. The lowest BCUT2D eigenvalue weighted by Crippen LogP contribution is -2.56. The summed E-state index contributed by atoms with van der Waals surface area (Å²) in [6.07, 6.45) is 0.156. The van der Waals surface area contributed by atoms with Gasteiger partial charge in [0.1, 0.15) is 0 Å². The fraction of sp³-hybridized carbons (Fsp3) is 0.800. The van der Waals surface area contributed by atoms with Gasteiger partial charge in [-0.15, -0.1) is 0 Å². The number of nitrogens with one attached hydrogen (secondary N) is 1. The molecule has 1 aliphatic heterocycles. The van der Waals surface area contributed by atoms with Crippen LogP contribution in [0.5, 0.6) is 0 Å². The highest BCUT2D eigenvalue weighted by Gasteiger charge is 2.34. The molecule has 9 heavy (non-hydrogen) atoms. The van der Waals surface area contributed by atoms with E-state index in [1.54, 1.807) is 0 Å².